The van der Waals surface area contributed by atoms with Gasteiger partial charge in [0.2, 0.25) is 0 Å². The monoisotopic (exact) mass is 233 g/mol. The van der Waals surface area contributed by atoms with Crippen molar-refractivity contribution in [3.8, 4) is 11.1 Å². The lowest BCUT2D eigenvalue weighted by Crippen LogP contribution is -1.97. The van der Waals surface area contributed by atoms with Crippen molar-refractivity contribution in [1.29, 1.82) is 0 Å². The van der Waals surface area contributed by atoms with E-state index >= 15 is 0 Å². The van der Waals surface area contributed by atoms with E-state index in [4.69, 9.17) is 5.73 Å². The average molecular weight is 233 g/mol. The van der Waals surface area contributed by atoms with Crippen molar-refractivity contribution >= 4 is 0 Å². The predicted molar refractivity (Wildman–Crippen MR) is 64.4 cm³/mol. The summed E-state index contributed by atoms with van der Waals surface area (Å²) in [6.45, 7) is 2.01. The van der Waals surface area contributed by atoms with Crippen molar-refractivity contribution in [2.75, 3.05) is 0 Å². The van der Waals surface area contributed by atoms with Crippen molar-refractivity contribution in [3.63, 3.8) is 0 Å². The normalized spacial score (nSPS) is 10.6. The van der Waals surface area contributed by atoms with E-state index < -0.39 is 0 Å². The standard InChI is InChI=1S/C14H13F2N/c1-9-6-11(3-5-13(9)15)12-7-10(8-17)2-4-14(12)16/h2-7H,8,17H2,1H3. The van der Waals surface area contributed by atoms with Gasteiger partial charge in [0.05, 0.1) is 0 Å². The Kier molecular flexibility index (Phi) is 3.20. The van der Waals surface area contributed by atoms with Crippen molar-refractivity contribution < 1.29 is 8.78 Å². The molecule has 0 aliphatic rings. The lowest BCUT2D eigenvalue weighted by Gasteiger charge is -2.07. The van der Waals surface area contributed by atoms with Gasteiger partial charge in [0.25, 0.3) is 0 Å². The molecule has 0 unspecified atom stereocenters. The predicted octanol–water partition coefficient (Wildman–Crippen LogP) is 3.40. The molecule has 0 bridgehead atoms. The molecule has 0 aromatic heterocycles. The van der Waals surface area contributed by atoms with Crippen LogP contribution in [0.15, 0.2) is 36.4 Å². The molecule has 2 rings (SSSR count). The second kappa shape index (κ2) is 4.63. The molecule has 0 saturated carbocycles. The summed E-state index contributed by atoms with van der Waals surface area (Å²) in [7, 11) is 0. The van der Waals surface area contributed by atoms with Crippen molar-refractivity contribution in [1.82, 2.24) is 0 Å². The maximum Gasteiger partial charge on any atom is 0.131 e. The van der Waals surface area contributed by atoms with Crippen LogP contribution in [0.2, 0.25) is 0 Å². The summed E-state index contributed by atoms with van der Waals surface area (Å²) in [5.41, 5.74) is 7.99. The van der Waals surface area contributed by atoms with E-state index in [1.54, 1.807) is 31.2 Å². The molecule has 0 amide bonds. The van der Waals surface area contributed by atoms with Crippen LogP contribution in [0.25, 0.3) is 11.1 Å². The molecule has 0 aliphatic carbocycles. The summed E-state index contributed by atoms with van der Waals surface area (Å²) in [4.78, 5) is 0. The third-order valence-corrected chi connectivity index (χ3v) is 2.74. The fourth-order valence-electron chi connectivity index (χ4n) is 1.73. The van der Waals surface area contributed by atoms with E-state index in [9.17, 15) is 8.78 Å². The molecule has 2 aromatic rings. The number of aryl methyl sites for hydroxylation is 1. The molecule has 0 atom stereocenters. The van der Waals surface area contributed by atoms with Gasteiger partial charge in [-0.25, -0.2) is 8.78 Å². The molecular formula is C14H13F2N. The molecule has 0 heterocycles. The molecular weight excluding hydrogens is 220 g/mol. The molecule has 0 fully saturated rings. The minimum atomic E-state index is -0.326. The summed E-state index contributed by atoms with van der Waals surface area (Å²) in [6, 6.07) is 9.28. The molecule has 0 saturated heterocycles. The SMILES string of the molecule is Cc1cc(-c2cc(CN)ccc2F)ccc1F. The third-order valence-electron chi connectivity index (χ3n) is 2.74. The number of benzene rings is 2. The molecule has 1 nitrogen and oxygen atoms in total. The number of hydrogen-bond donors (Lipinski definition) is 1. The highest BCUT2D eigenvalue weighted by Crippen LogP contribution is 2.25. The highest BCUT2D eigenvalue weighted by atomic mass is 19.1. The Bertz CT molecular complexity index is 550. The van der Waals surface area contributed by atoms with Gasteiger partial charge in [0, 0.05) is 12.1 Å². The maximum absolute atomic E-state index is 13.7. The minimum absolute atomic E-state index is 0.288. The summed E-state index contributed by atoms with van der Waals surface area (Å²) >= 11 is 0. The van der Waals surface area contributed by atoms with Gasteiger partial charge in [-0.3, -0.25) is 0 Å². The first kappa shape index (κ1) is 11.7. The topological polar surface area (TPSA) is 26.0 Å². The summed E-state index contributed by atoms with van der Waals surface area (Å²) in [5.74, 6) is -0.614. The van der Waals surface area contributed by atoms with Crippen LogP contribution in [0, 0.1) is 18.6 Å². The molecule has 3 heteroatoms. The second-order valence-electron chi connectivity index (χ2n) is 3.98. The van der Waals surface area contributed by atoms with E-state index in [-0.39, 0.29) is 11.6 Å². The van der Waals surface area contributed by atoms with Gasteiger partial charge in [0.1, 0.15) is 11.6 Å². The van der Waals surface area contributed by atoms with Crippen LogP contribution in [0.1, 0.15) is 11.1 Å². The lowest BCUT2D eigenvalue weighted by molar-refractivity contribution is 0.617. The van der Waals surface area contributed by atoms with Crippen LogP contribution in [0.5, 0.6) is 0 Å². The Labute approximate surface area is 98.9 Å². The summed E-state index contributed by atoms with van der Waals surface area (Å²) in [6.07, 6.45) is 0. The molecule has 0 radical (unpaired) electrons. The zero-order valence-electron chi connectivity index (χ0n) is 9.50. The van der Waals surface area contributed by atoms with Crippen molar-refractivity contribution in [2.45, 2.75) is 13.5 Å². The van der Waals surface area contributed by atoms with Crippen LogP contribution in [0.4, 0.5) is 8.78 Å². The van der Waals surface area contributed by atoms with Crippen molar-refractivity contribution in [2.24, 2.45) is 5.73 Å². The maximum atomic E-state index is 13.7. The van der Waals surface area contributed by atoms with E-state index in [1.165, 1.54) is 12.1 Å². The first-order valence-electron chi connectivity index (χ1n) is 5.37. The van der Waals surface area contributed by atoms with Crippen LogP contribution >= 0.6 is 0 Å². The fraction of sp³-hybridized carbons (Fsp3) is 0.143. The van der Waals surface area contributed by atoms with Crippen LogP contribution in [-0.4, -0.2) is 0 Å². The Morgan fingerprint density at radius 3 is 2.35 bits per heavy atom. The summed E-state index contributed by atoms with van der Waals surface area (Å²) in [5, 5.41) is 0. The van der Waals surface area contributed by atoms with Gasteiger partial charge >= 0.3 is 0 Å². The molecule has 88 valence electrons. The summed E-state index contributed by atoms with van der Waals surface area (Å²) < 4.78 is 26.8. The van der Waals surface area contributed by atoms with E-state index in [1.807, 2.05) is 0 Å². The zero-order chi connectivity index (χ0) is 12.4. The first-order chi connectivity index (χ1) is 8.11. The van der Waals surface area contributed by atoms with Gasteiger partial charge in [-0.1, -0.05) is 12.1 Å². The van der Waals surface area contributed by atoms with Crippen molar-refractivity contribution in [3.05, 3.63) is 59.2 Å². The van der Waals surface area contributed by atoms with Gasteiger partial charge in [-0.15, -0.1) is 0 Å². The second-order valence-corrected chi connectivity index (χ2v) is 3.98. The average Bonchev–Trinajstić information content (AvgIpc) is 2.33. The third kappa shape index (κ3) is 2.34. The van der Waals surface area contributed by atoms with Crippen LogP contribution in [0.3, 0.4) is 0 Å². The number of hydrogen-bond acceptors (Lipinski definition) is 1. The largest absolute Gasteiger partial charge is 0.326 e. The first-order valence-corrected chi connectivity index (χ1v) is 5.37. The Morgan fingerprint density at radius 2 is 1.71 bits per heavy atom. The number of rotatable bonds is 2. The quantitative estimate of drug-likeness (QED) is 0.845. The minimum Gasteiger partial charge on any atom is -0.326 e. The van der Waals surface area contributed by atoms with E-state index in [0.717, 1.165) is 5.56 Å². The zero-order valence-corrected chi connectivity index (χ0v) is 9.50. The molecule has 0 aliphatic heterocycles. The Morgan fingerprint density at radius 1 is 1.00 bits per heavy atom. The Hall–Kier alpha value is -1.74. The molecule has 0 spiro atoms. The van der Waals surface area contributed by atoms with Crippen LogP contribution in [-0.2, 0) is 6.54 Å². The fourth-order valence-corrected chi connectivity index (χ4v) is 1.73. The van der Waals surface area contributed by atoms with Gasteiger partial charge in [0.15, 0.2) is 0 Å². The Balaban J connectivity index is 2.55. The number of halogens is 2. The molecule has 2 N–H and O–H groups in total. The van der Waals surface area contributed by atoms with Gasteiger partial charge in [-0.2, -0.15) is 0 Å². The highest BCUT2D eigenvalue weighted by molar-refractivity contribution is 5.65. The molecule has 17 heavy (non-hydrogen) atoms. The van der Waals surface area contributed by atoms with E-state index in [0.29, 0.717) is 23.2 Å². The van der Waals surface area contributed by atoms with Gasteiger partial charge in [-0.05, 0) is 47.9 Å². The van der Waals surface area contributed by atoms with E-state index in [2.05, 4.69) is 0 Å². The smallest absolute Gasteiger partial charge is 0.131 e. The number of nitrogens with two attached hydrogens (primary N) is 1. The van der Waals surface area contributed by atoms with Gasteiger partial charge < -0.3 is 5.73 Å². The lowest BCUT2D eigenvalue weighted by atomic mass is 10.0. The molecule has 2 aromatic carbocycles. The van der Waals surface area contributed by atoms with Crippen LogP contribution < -0.4 is 5.73 Å². The highest BCUT2D eigenvalue weighted by Gasteiger charge is 2.07.